The number of alkyl halides is 2. The molecular weight excluding hydrogens is 316 g/mol. The first kappa shape index (κ1) is 11.1. The van der Waals surface area contributed by atoms with Crippen LogP contribution in [0.3, 0.4) is 0 Å². The minimum Gasteiger partial charge on any atom is -0.258 e. The number of aromatic nitrogens is 1. The zero-order valence-electron chi connectivity index (χ0n) is 6.38. The van der Waals surface area contributed by atoms with E-state index in [0.717, 1.165) is 0 Å². The number of rotatable bonds is 2. The topological polar surface area (TPSA) is 56.0 Å². The Labute approximate surface area is 89.4 Å². The van der Waals surface area contributed by atoms with Gasteiger partial charge in [-0.3, -0.25) is 10.1 Å². The van der Waals surface area contributed by atoms with E-state index in [0.29, 0.717) is 6.20 Å². The predicted octanol–water partition coefficient (Wildman–Crippen LogP) is 2.67. The van der Waals surface area contributed by atoms with Crippen LogP contribution in [0, 0.1) is 19.6 Å². The van der Waals surface area contributed by atoms with Crippen LogP contribution >= 0.6 is 22.6 Å². The summed E-state index contributed by atoms with van der Waals surface area (Å²) < 4.78 is 37.1. The molecule has 0 aliphatic rings. The van der Waals surface area contributed by atoms with Crippen molar-refractivity contribution >= 4 is 28.3 Å². The van der Waals surface area contributed by atoms with Crippen molar-refractivity contribution < 1.29 is 18.1 Å². The summed E-state index contributed by atoms with van der Waals surface area (Å²) in [5.74, 6) is -1.33. The molecule has 0 radical (unpaired) electrons. The highest BCUT2D eigenvalue weighted by molar-refractivity contribution is 14.1. The SMILES string of the molecule is O=[N+]([O-])c1c(C(F)F)cnc(I)c1F. The summed E-state index contributed by atoms with van der Waals surface area (Å²) in [4.78, 5) is 12.4. The largest absolute Gasteiger partial charge is 0.317 e. The Morgan fingerprint density at radius 2 is 2.14 bits per heavy atom. The number of hydrogen-bond donors (Lipinski definition) is 0. The lowest BCUT2D eigenvalue weighted by atomic mass is 10.2. The van der Waals surface area contributed by atoms with Gasteiger partial charge in [0.25, 0.3) is 6.43 Å². The van der Waals surface area contributed by atoms with Crippen molar-refractivity contribution in [2.24, 2.45) is 0 Å². The predicted molar refractivity (Wildman–Crippen MR) is 48.5 cm³/mol. The minimum absolute atomic E-state index is 0.307. The molecule has 0 saturated carbocycles. The maximum absolute atomic E-state index is 13.0. The maximum atomic E-state index is 13.0. The number of hydrogen-bond acceptors (Lipinski definition) is 3. The number of nitro groups is 1. The monoisotopic (exact) mass is 318 g/mol. The second-order valence-corrected chi connectivity index (χ2v) is 3.25. The highest BCUT2D eigenvalue weighted by Crippen LogP contribution is 2.31. The van der Waals surface area contributed by atoms with Gasteiger partial charge in [-0.05, 0) is 22.6 Å². The molecule has 0 bridgehead atoms. The van der Waals surface area contributed by atoms with Gasteiger partial charge >= 0.3 is 5.69 Å². The van der Waals surface area contributed by atoms with Gasteiger partial charge in [-0.15, -0.1) is 0 Å². The van der Waals surface area contributed by atoms with Crippen LogP contribution in [0.2, 0.25) is 0 Å². The fraction of sp³-hybridized carbons (Fsp3) is 0.167. The van der Waals surface area contributed by atoms with Gasteiger partial charge in [0.1, 0.15) is 9.26 Å². The van der Waals surface area contributed by atoms with Crippen LogP contribution < -0.4 is 0 Å². The van der Waals surface area contributed by atoms with Gasteiger partial charge in [0.15, 0.2) is 0 Å². The second-order valence-electron chi connectivity index (χ2n) is 2.22. The average Bonchev–Trinajstić information content (AvgIpc) is 2.08. The molecule has 8 heteroatoms. The Kier molecular flexibility index (Phi) is 3.24. The van der Waals surface area contributed by atoms with E-state index in [1.54, 1.807) is 0 Å². The summed E-state index contributed by atoms with van der Waals surface area (Å²) in [7, 11) is 0. The quantitative estimate of drug-likeness (QED) is 0.365. The standard InChI is InChI=1S/C6H2F3IN2O2/c7-3-4(12(13)14)2(5(8)9)1-11-6(3)10/h1,5H. The van der Waals surface area contributed by atoms with Crippen LogP contribution in [-0.4, -0.2) is 9.91 Å². The molecule has 0 unspecified atom stereocenters. The minimum atomic E-state index is -3.12. The zero-order chi connectivity index (χ0) is 10.9. The molecule has 0 spiro atoms. The van der Waals surface area contributed by atoms with Gasteiger partial charge in [-0.2, -0.15) is 4.39 Å². The van der Waals surface area contributed by atoms with Crippen molar-refractivity contribution in [3.63, 3.8) is 0 Å². The van der Waals surface area contributed by atoms with Gasteiger partial charge < -0.3 is 0 Å². The first-order valence-corrected chi connectivity index (χ1v) is 4.29. The molecule has 0 amide bonds. The van der Waals surface area contributed by atoms with Crippen molar-refractivity contribution in [2.75, 3.05) is 0 Å². The molecule has 0 atom stereocenters. The first-order chi connectivity index (χ1) is 6.45. The van der Waals surface area contributed by atoms with E-state index in [1.807, 2.05) is 0 Å². The van der Waals surface area contributed by atoms with Crippen LogP contribution in [0.1, 0.15) is 12.0 Å². The van der Waals surface area contributed by atoms with E-state index in [-0.39, 0.29) is 3.70 Å². The summed E-state index contributed by atoms with van der Waals surface area (Å²) in [6.07, 6.45) is -2.51. The smallest absolute Gasteiger partial charge is 0.258 e. The van der Waals surface area contributed by atoms with Crippen LogP contribution in [0.15, 0.2) is 6.20 Å². The summed E-state index contributed by atoms with van der Waals surface area (Å²) >= 11 is 1.39. The van der Waals surface area contributed by atoms with Gasteiger partial charge in [0.2, 0.25) is 5.82 Å². The summed E-state index contributed by atoms with van der Waals surface area (Å²) in [5.41, 5.74) is -2.22. The molecule has 0 aromatic carbocycles. The molecule has 0 saturated heterocycles. The van der Waals surface area contributed by atoms with E-state index in [1.165, 1.54) is 22.6 Å². The molecule has 1 heterocycles. The summed E-state index contributed by atoms with van der Waals surface area (Å²) in [6.45, 7) is 0. The lowest BCUT2D eigenvalue weighted by Gasteiger charge is -2.02. The van der Waals surface area contributed by atoms with Crippen molar-refractivity contribution in [1.82, 2.24) is 4.98 Å². The highest BCUT2D eigenvalue weighted by atomic mass is 127. The van der Waals surface area contributed by atoms with Crippen molar-refractivity contribution in [3.8, 4) is 0 Å². The van der Waals surface area contributed by atoms with E-state index in [2.05, 4.69) is 4.98 Å². The Balaban J connectivity index is 3.45. The van der Waals surface area contributed by atoms with Crippen LogP contribution in [0.25, 0.3) is 0 Å². The van der Waals surface area contributed by atoms with E-state index < -0.39 is 28.4 Å². The Morgan fingerprint density at radius 1 is 1.57 bits per heavy atom. The molecular formula is C6H2F3IN2O2. The fourth-order valence-electron chi connectivity index (χ4n) is 0.814. The molecule has 0 fully saturated rings. The molecule has 1 rings (SSSR count). The molecule has 0 N–H and O–H groups in total. The van der Waals surface area contributed by atoms with Crippen LogP contribution in [-0.2, 0) is 0 Å². The highest BCUT2D eigenvalue weighted by Gasteiger charge is 2.28. The second kappa shape index (κ2) is 4.07. The lowest BCUT2D eigenvalue weighted by molar-refractivity contribution is -0.389. The van der Waals surface area contributed by atoms with E-state index >= 15 is 0 Å². The summed E-state index contributed by atoms with van der Waals surface area (Å²) in [6, 6.07) is 0. The van der Waals surface area contributed by atoms with Gasteiger partial charge in [0, 0.05) is 6.20 Å². The van der Waals surface area contributed by atoms with Crippen LogP contribution in [0.5, 0.6) is 0 Å². The molecule has 0 aliphatic heterocycles. The third-order valence-electron chi connectivity index (χ3n) is 1.40. The van der Waals surface area contributed by atoms with Crippen molar-refractivity contribution in [2.45, 2.75) is 6.43 Å². The lowest BCUT2D eigenvalue weighted by Crippen LogP contribution is -2.03. The molecule has 1 aromatic heterocycles. The number of nitrogens with zero attached hydrogens (tertiary/aromatic N) is 2. The third-order valence-corrected chi connectivity index (χ3v) is 2.15. The average molecular weight is 318 g/mol. The molecule has 14 heavy (non-hydrogen) atoms. The first-order valence-electron chi connectivity index (χ1n) is 3.21. The Morgan fingerprint density at radius 3 is 2.57 bits per heavy atom. The van der Waals surface area contributed by atoms with E-state index in [4.69, 9.17) is 0 Å². The molecule has 1 aromatic rings. The van der Waals surface area contributed by atoms with E-state index in [9.17, 15) is 23.3 Å². The Bertz CT molecular complexity index is 386. The van der Waals surface area contributed by atoms with Gasteiger partial charge in [-0.25, -0.2) is 13.8 Å². The number of pyridine rings is 1. The zero-order valence-corrected chi connectivity index (χ0v) is 8.53. The molecule has 4 nitrogen and oxygen atoms in total. The van der Waals surface area contributed by atoms with Gasteiger partial charge in [-0.1, -0.05) is 0 Å². The van der Waals surface area contributed by atoms with Gasteiger partial charge in [0.05, 0.1) is 4.92 Å². The molecule has 76 valence electrons. The molecule has 0 aliphatic carbocycles. The third kappa shape index (κ3) is 1.94. The van der Waals surface area contributed by atoms with Crippen LogP contribution in [0.4, 0.5) is 18.9 Å². The van der Waals surface area contributed by atoms with Crippen molar-refractivity contribution in [3.05, 3.63) is 31.4 Å². The summed E-state index contributed by atoms with van der Waals surface area (Å²) in [5, 5.41) is 10.3. The van der Waals surface area contributed by atoms with Crippen molar-refractivity contribution in [1.29, 1.82) is 0 Å². The fourth-order valence-corrected chi connectivity index (χ4v) is 1.21. The number of halogens is 4. The Hall–Kier alpha value is -0.930. The maximum Gasteiger partial charge on any atom is 0.317 e. The normalized spacial score (nSPS) is 10.6.